The summed E-state index contributed by atoms with van der Waals surface area (Å²) < 4.78 is 0. The molecule has 0 unspecified atom stereocenters. The molecular weight excluding hydrogens is 250 g/mol. The second-order valence-corrected chi connectivity index (χ2v) is 7.27. The van der Waals surface area contributed by atoms with Crippen molar-refractivity contribution < 1.29 is 9.90 Å². The van der Waals surface area contributed by atoms with E-state index in [-0.39, 0.29) is 16.6 Å². The second kappa shape index (κ2) is 5.31. The van der Waals surface area contributed by atoms with Crippen LogP contribution in [0.1, 0.15) is 52.7 Å². The minimum atomic E-state index is -0.453. The van der Waals surface area contributed by atoms with E-state index in [4.69, 9.17) is 5.73 Å². The van der Waals surface area contributed by atoms with E-state index in [9.17, 15) is 9.90 Å². The van der Waals surface area contributed by atoms with Gasteiger partial charge in [-0.25, -0.2) is 0 Å². The third-order valence-electron chi connectivity index (χ3n) is 2.96. The maximum absolute atomic E-state index is 11.7. The van der Waals surface area contributed by atoms with Crippen molar-refractivity contribution in [2.75, 3.05) is 0 Å². The summed E-state index contributed by atoms with van der Waals surface area (Å²) in [4.78, 5) is 11.7. The number of benzene rings is 1. The van der Waals surface area contributed by atoms with Crippen LogP contribution in [0.5, 0.6) is 5.75 Å². The first-order chi connectivity index (χ1) is 8.92. The van der Waals surface area contributed by atoms with Gasteiger partial charge in [-0.05, 0) is 34.1 Å². The molecule has 110 valence electrons. The summed E-state index contributed by atoms with van der Waals surface area (Å²) in [6.07, 6.45) is 1.87. The molecule has 0 atom stereocenters. The molecule has 0 heterocycles. The van der Waals surface area contributed by atoms with Gasteiger partial charge in [-0.1, -0.05) is 53.7 Å². The van der Waals surface area contributed by atoms with Gasteiger partial charge in [0.2, 0.25) is 5.91 Å². The normalized spacial score (nSPS) is 13.4. The number of phenols is 1. The van der Waals surface area contributed by atoms with Gasteiger partial charge in [-0.2, -0.15) is 0 Å². The number of hydrogen-bond acceptors (Lipinski definition) is 2. The maximum Gasteiger partial charge on any atom is 0.249 e. The number of rotatable bonds is 2. The highest BCUT2D eigenvalue weighted by molar-refractivity contribution is 6.18. The summed E-state index contributed by atoms with van der Waals surface area (Å²) in [5, 5.41) is 9.99. The first-order valence-electron chi connectivity index (χ1n) is 6.78. The van der Waals surface area contributed by atoms with Crippen LogP contribution in [0, 0.1) is 5.41 Å². The fraction of sp³-hybridized carbons (Fsp3) is 0.471. The molecule has 0 aromatic heterocycles. The van der Waals surface area contributed by atoms with E-state index >= 15 is 0 Å². The van der Waals surface area contributed by atoms with Crippen LogP contribution < -0.4 is 5.73 Å². The third-order valence-corrected chi connectivity index (χ3v) is 2.96. The molecule has 0 aliphatic heterocycles. The Morgan fingerprint density at radius 1 is 1.15 bits per heavy atom. The van der Waals surface area contributed by atoms with Crippen molar-refractivity contribution in [3.05, 3.63) is 35.4 Å². The van der Waals surface area contributed by atoms with Crippen LogP contribution in [0.2, 0.25) is 0 Å². The molecular formula is C17H25NO2. The van der Waals surface area contributed by atoms with Crippen molar-refractivity contribution in [2.45, 2.75) is 47.0 Å². The number of carbonyl (C=O) groups is 1. The first kappa shape index (κ1) is 16.3. The average Bonchev–Trinajstić information content (AvgIpc) is 2.23. The predicted molar refractivity (Wildman–Crippen MR) is 83.4 cm³/mol. The maximum atomic E-state index is 11.7. The van der Waals surface area contributed by atoms with Gasteiger partial charge in [0.25, 0.3) is 0 Å². The van der Waals surface area contributed by atoms with E-state index in [2.05, 4.69) is 0 Å². The van der Waals surface area contributed by atoms with Crippen LogP contribution in [-0.2, 0) is 10.2 Å². The molecule has 0 saturated heterocycles. The van der Waals surface area contributed by atoms with E-state index in [0.29, 0.717) is 5.57 Å². The smallest absolute Gasteiger partial charge is 0.249 e. The molecule has 0 aliphatic carbocycles. The van der Waals surface area contributed by atoms with Gasteiger partial charge < -0.3 is 10.8 Å². The van der Waals surface area contributed by atoms with Crippen LogP contribution in [0.15, 0.2) is 24.3 Å². The van der Waals surface area contributed by atoms with E-state index < -0.39 is 5.91 Å². The zero-order valence-corrected chi connectivity index (χ0v) is 13.2. The Kier molecular flexibility index (Phi) is 4.33. The van der Waals surface area contributed by atoms with Crippen LogP contribution in [0.25, 0.3) is 5.57 Å². The molecule has 0 spiro atoms. The van der Waals surface area contributed by atoms with Gasteiger partial charge >= 0.3 is 0 Å². The first-order valence-corrected chi connectivity index (χ1v) is 6.78. The Morgan fingerprint density at radius 3 is 2.10 bits per heavy atom. The largest absolute Gasteiger partial charge is 0.508 e. The number of nitrogens with two attached hydrogens (primary N) is 1. The highest BCUT2D eigenvalue weighted by Gasteiger charge is 2.21. The highest BCUT2D eigenvalue weighted by Crippen LogP contribution is 2.33. The molecule has 0 fully saturated rings. The molecule has 0 saturated carbocycles. The molecule has 1 amide bonds. The molecule has 3 nitrogen and oxygen atoms in total. The molecule has 0 radical (unpaired) electrons. The molecule has 0 aliphatic rings. The summed E-state index contributed by atoms with van der Waals surface area (Å²) in [6.45, 7) is 12.1. The lowest BCUT2D eigenvalue weighted by molar-refractivity contribution is -0.112. The number of phenolic OH excluding ortho intramolecular Hbond substituents is 1. The Balaban J connectivity index is 3.45. The van der Waals surface area contributed by atoms with Crippen molar-refractivity contribution in [3.8, 4) is 5.75 Å². The van der Waals surface area contributed by atoms with Crippen molar-refractivity contribution >= 4 is 11.5 Å². The highest BCUT2D eigenvalue weighted by atomic mass is 16.3. The Bertz CT molecular complexity index is 543. The number of carbonyl (C=O) groups excluding carboxylic acids is 1. The minimum absolute atomic E-state index is 0.149. The van der Waals surface area contributed by atoms with Crippen LogP contribution >= 0.6 is 0 Å². The van der Waals surface area contributed by atoms with Crippen LogP contribution in [-0.4, -0.2) is 11.0 Å². The van der Waals surface area contributed by atoms with Crippen molar-refractivity contribution in [3.63, 3.8) is 0 Å². The fourth-order valence-electron chi connectivity index (χ4n) is 2.03. The monoisotopic (exact) mass is 275 g/mol. The van der Waals surface area contributed by atoms with Crippen molar-refractivity contribution in [2.24, 2.45) is 11.1 Å². The minimum Gasteiger partial charge on any atom is -0.508 e. The number of primary amides is 1. The van der Waals surface area contributed by atoms with Crippen molar-refractivity contribution in [1.29, 1.82) is 0 Å². The van der Waals surface area contributed by atoms with E-state index in [1.54, 1.807) is 12.1 Å². The van der Waals surface area contributed by atoms with Gasteiger partial charge in [-0.3, -0.25) is 4.79 Å². The lowest BCUT2D eigenvalue weighted by Gasteiger charge is -2.22. The number of amides is 1. The Labute approximate surface area is 121 Å². The Morgan fingerprint density at radius 2 is 1.70 bits per heavy atom. The number of hydrogen-bond donors (Lipinski definition) is 2. The zero-order chi connectivity index (χ0) is 15.7. The van der Waals surface area contributed by atoms with E-state index in [0.717, 1.165) is 11.1 Å². The van der Waals surface area contributed by atoms with Gasteiger partial charge in [0.05, 0.1) is 0 Å². The summed E-state index contributed by atoms with van der Waals surface area (Å²) in [5.41, 5.74) is 7.19. The summed E-state index contributed by atoms with van der Waals surface area (Å²) in [7, 11) is 0. The Hall–Kier alpha value is -1.77. The number of aromatic hydroxyl groups is 1. The predicted octanol–water partition coefficient (Wildman–Crippen LogP) is 3.60. The molecule has 3 N–H and O–H groups in total. The van der Waals surface area contributed by atoms with Gasteiger partial charge in [0, 0.05) is 5.57 Å². The number of allylic oxidation sites excluding steroid dienone is 1. The average molecular weight is 275 g/mol. The molecule has 1 aromatic rings. The SMILES string of the molecule is CC(C)(C)C=C(C(N)=O)c1ccc(O)c(C(C)(C)C)c1. The van der Waals surface area contributed by atoms with Gasteiger partial charge in [-0.15, -0.1) is 0 Å². The molecule has 3 heteroatoms. The quantitative estimate of drug-likeness (QED) is 0.810. The lowest BCUT2D eigenvalue weighted by Crippen LogP contribution is -2.17. The van der Waals surface area contributed by atoms with E-state index in [1.807, 2.05) is 53.7 Å². The zero-order valence-electron chi connectivity index (χ0n) is 13.2. The lowest BCUT2D eigenvalue weighted by atomic mass is 9.83. The van der Waals surface area contributed by atoms with Gasteiger partial charge in [0.1, 0.15) is 5.75 Å². The van der Waals surface area contributed by atoms with Crippen LogP contribution in [0.4, 0.5) is 0 Å². The standard InChI is InChI=1S/C17H25NO2/c1-16(2,3)10-12(15(18)20)11-7-8-14(19)13(9-11)17(4,5)6/h7-10,19H,1-6H3,(H2,18,20). The molecule has 0 bridgehead atoms. The molecule has 1 aromatic carbocycles. The van der Waals surface area contributed by atoms with Crippen LogP contribution in [0.3, 0.4) is 0 Å². The third kappa shape index (κ3) is 4.12. The fourth-order valence-corrected chi connectivity index (χ4v) is 2.03. The van der Waals surface area contributed by atoms with Crippen molar-refractivity contribution in [1.82, 2.24) is 0 Å². The molecule has 20 heavy (non-hydrogen) atoms. The molecule has 1 rings (SSSR count). The topological polar surface area (TPSA) is 63.3 Å². The summed E-state index contributed by atoms with van der Waals surface area (Å²) in [5.74, 6) is -0.216. The second-order valence-electron chi connectivity index (χ2n) is 7.27. The van der Waals surface area contributed by atoms with E-state index in [1.165, 1.54) is 0 Å². The van der Waals surface area contributed by atoms with Gasteiger partial charge in [0.15, 0.2) is 0 Å². The summed E-state index contributed by atoms with van der Waals surface area (Å²) >= 11 is 0. The summed E-state index contributed by atoms with van der Waals surface area (Å²) in [6, 6.07) is 5.19.